The molecule has 5 nitrogen and oxygen atoms in total. The molecule has 0 spiro atoms. The van der Waals surface area contributed by atoms with Gasteiger partial charge in [-0.05, 0) is 80.1 Å². The molecular weight excluding hydrogens is 475 g/mol. The second kappa shape index (κ2) is 11.5. The van der Waals surface area contributed by atoms with Gasteiger partial charge in [0.25, 0.3) is 0 Å². The highest BCUT2D eigenvalue weighted by Crippen LogP contribution is 2.50. The molecule has 1 atom stereocenters. The third kappa shape index (κ3) is 5.37. The normalized spacial score (nSPS) is 20.3. The number of hydrogen-bond acceptors (Lipinski definition) is 4. The maximum Gasteiger partial charge on any atom is 0.339 e. The number of allylic oxidation sites excluding steroid dienone is 1. The Kier molecular flexibility index (Phi) is 8.59. The van der Waals surface area contributed by atoms with Gasteiger partial charge < -0.3 is 14.6 Å². The van der Waals surface area contributed by atoms with Gasteiger partial charge in [0.15, 0.2) is 5.78 Å². The third-order valence-electron chi connectivity index (χ3n) is 8.70. The van der Waals surface area contributed by atoms with Crippen molar-refractivity contribution < 1.29 is 24.2 Å². The van der Waals surface area contributed by atoms with E-state index in [1.807, 2.05) is 39.8 Å². The smallest absolute Gasteiger partial charge is 0.339 e. The molecule has 0 bridgehead atoms. The summed E-state index contributed by atoms with van der Waals surface area (Å²) in [6.45, 7) is 12.0. The van der Waals surface area contributed by atoms with Crippen LogP contribution in [0, 0.1) is 17.8 Å². The molecule has 1 heterocycles. The number of ketones is 1. The first-order valence-corrected chi connectivity index (χ1v) is 14.2. The minimum Gasteiger partial charge on any atom is -0.496 e. The molecule has 1 aliphatic heterocycles. The van der Waals surface area contributed by atoms with Crippen molar-refractivity contribution in [3.8, 4) is 11.5 Å². The van der Waals surface area contributed by atoms with Gasteiger partial charge in [0.1, 0.15) is 31.0 Å². The van der Waals surface area contributed by atoms with Gasteiger partial charge in [-0.3, -0.25) is 4.79 Å². The molecular formula is C32H41BO5. The van der Waals surface area contributed by atoms with Crippen molar-refractivity contribution in [2.24, 2.45) is 17.8 Å². The van der Waals surface area contributed by atoms with E-state index in [4.69, 9.17) is 17.3 Å². The fraction of sp³-hybridized carbons (Fsp3) is 0.562. The van der Waals surface area contributed by atoms with Crippen LogP contribution in [0.15, 0.2) is 35.9 Å². The van der Waals surface area contributed by atoms with Crippen LogP contribution in [0.3, 0.4) is 0 Å². The molecule has 0 aromatic heterocycles. The summed E-state index contributed by atoms with van der Waals surface area (Å²) in [4.78, 5) is 24.8. The Hall–Kier alpha value is -2.76. The maximum atomic E-state index is 12.7. The Morgan fingerprint density at radius 3 is 2.32 bits per heavy atom. The van der Waals surface area contributed by atoms with E-state index in [2.05, 4.69) is 6.58 Å². The van der Waals surface area contributed by atoms with E-state index in [9.17, 15) is 14.7 Å². The average molecular weight is 516 g/mol. The predicted molar refractivity (Wildman–Crippen MR) is 152 cm³/mol. The van der Waals surface area contributed by atoms with Crippen molar-refractivity contribution in [1.82, 2.24) is 0 Å². The zero-order chi connectivity index (χ0) is 27.6. The monoisotopic (exact) mass is 516 g/mol. The molecule has 2 aliphatic carbocycles. The molecule has 1 N–H and O–H groups in total. The lowest BCUT2D eigenvalue weighted by Gasteiger charge is -2.51. The lowest BCUT2D eigenvalue weighted by molar-refractivity contribution is -0.134. The minimum absolute atomic E-state index is 0.0483. The van der Waals surface area contributed by atoms with Gasteiger partial charge in [-0.1, -0.05) is 52.7 Å². The molecule has 1 unspecified atom stereocenters. The van der Waals surface area contributed by atoms with Crippen LogP contribution in [0.4, 0.5) is 0 Å². The Morgan fingerprint density at radius 1 is 1.21 bits per heavy atom. The van der Waals surface area contributed by atoms with Crippen molar-refractivity contribution >= 4 is 31.2 Å². The molecule has 4 rings (SSSR count). The molecule has 0 amide bonds. The molecule has 1 aromatic carbocycles. The summed E-state index contributed by atoms with van der Waals surface area (Å²) in [6.07, 6.45) is 11.3. The summed E-state index contributed by atoms with van der Waals surface area (Å²) in [5.74, 6) is 0.546. The molecule has 3 aliphatic rings. The van der Waals surface area contributed by atoms with Crippen LogP contribution in [-0.4, -0.2) is 36.3 Å². The molecule has 2 fully saturated rings. The Bertz CT molecular complexity index is 1140. The number of rotatable bonds is 12. The van der Waals surface area contributed by atoms with Crippen molar-refractivity contribution in [3.63, 3.8) is 0 Å². The van der Waals surface area contributed by atoms with Crippen LogP contribution >= 0.6 is 0 Å². The van der Waals surface area contributed by atoms with Crippen LogP contribution in [-0.2, 0) is 9.59 Å². The van der Waals surface area contributed by atoms with Crippen LogP contribution in [0.1, 0.15) is 96.6 Å². The number of carboxylic acid groups (broad SMARTS) is 1. The number of hydrogen-bond donors (Lipinski definition) is 1. The van der Waals surface area contributed by atoms with Crippen LogP contribution in [0.2, 0.25) is 0 Å². The van der Waals surface area contributed by atoms with Crippen molar-refractivity contribution in [3.05, 3.63) is 47.1 Å². The van der Waals surface area contributed by atoms with E-state index in [0.29, 0.717) is 29.8 Å². The number of Topliss-reactive ketones (excluding diaryl/α,β-unsaturated/α-hetero) is 1. The maximum absolute atomic E-state index is 12.7. The van der Waals surface area contributed by atoms with Crippen LogP contribution in [0.25, 0.3) is 11.6 Å². The largest absolute Gasteiger partial charge is 0.496 e. The van der Waals surface area contributed by atoms with E-state index >= 15 is 0 Å². The van der Waals surface area contributed by atoms with Gasteiger partial charge in [0.05, 0.1) is 5.50 Å². The first-order valence-electron chi connectivity index (χ1n) is 14.2. The molecule has 202 valence electrons. The number of unbranched alkanes of at least 4 members (excludes halogenated alkanes) is 1. The lowest BCUT2D eigenvalue weighted by atomic mass is 9.53. The predicted octanol–water partition coefficient (Wildman–Crippen LogP) is 7.13. The van der Waals surface area contributed by atoms with E-state index in [1.165, 1.54) is 18.9 Å². The Labute approximate surface area is 228 Å². The topological polar surface area (TPSA) is 72.8 Å². The van der Waals surface area contributed by atoms with E-state index in [-0.39, 0.29) is 23.7 Å². The van der Waals surface area contributed by atoms with Gasteiger partial charge >= 0.3 is 5.97 Å². The van der Waals surface area contributed by atoms with Crippen LogP contribution < -0.4 is 9.47 Å². The average Bonchev–Trinajstić information content (AvgIpc) is 2.78. The first kappa shape index (κ1) is 28.3. The van der Waals surface area contributed by atoms with Gasteiger partial charge in [-0.25, -0.2) is 4.79 Å². The molecule has 6 heteroatoms. The summed E-state index contributed by atoms with van der Waals surface area (Å²) in [5, 5.41) is 9.85. The number of carbonyl (C=O) groups is 2. The molecule has 1 aromatic rings. The highest BCUT2D eigenvalue weighted by molar-refractivity contribution is 6.17. The van der Waals surface area contributed by atoms with Crippen molar-refractivity contribution in [1.29, 1.82) is 0 Å². The number of benzene rings is 1. The number of aliphatic carboxylic acids is 1. The van der Waals surface area contributed by atoms with E-state index in [0.717, 1.165) is 54.4 Å². The summed E-state index contributed by atoms with van der Waals surface area (Å²) >= 11 is 0. The third-order valence-corrected chi connectivity index (χ3v) is 8.70. The Balaban J connectivity index is 1.77. The highest BCUT2D eigenvalue weighted by Gasteiger charge is 2.47. The van der Waals surface area contributed by atoms with E-state index in [1.54, 1.807) is 6.08 Å². The zero-order valence-electron chi connectivity index (χ0n) is 23.3. The lowest BCUT2D eigenvalue weighted by Crippen LogP contribution is -2.55. The summed E-state index contributed by atoms with van der Waals surface area (Å²) in [5.41, 5.74) is 2.39. The second-order valence-electron chi connectivity index (χ2n) is 11.6. The summed E-state index contributed by atoms with van der Waals surface area (Å²) in [7, 11) is 7.01. The summed E-state index contributed by atoms with van der Waals surface area (Å²) < 4.78 is 13.2. The molecule has 2 radical (unpaired) electrons. The highest BCUT2D eigenvalue weighted by atomic mass is 16.5. The van der Waals surface area contributed by atoms with Gasteiger partial charge in [0, 0.05) is 23.6 Å². The van der Waals surface area contributed by atoms with E-state index < -0.39 is 17.6 Å². The molecule has 38 heavy (non-hydrogen) atoms. The Morgan fingerprint density at radius 2 is 1.84 bits per heavy atom. The fourth-order valence-electron chi connectivity index (χ4n) is 5.77. The number of ether oxygens (including phenoxy) is 2. The van der Waals surface area contributed by atoms with Gasteiger partial charge in [-0.2, -0.15) is 0 Å². The SMILES string of the molecule is [B]C(Oc1cc2c(cc1C=C)C(C)=C(/C=C(/C(=O)O)C(=O)CCCC)C(C(C)C)O2)(C1CCC1)C1CCC1. The number of fused-ring (bicyclic) bond motifs is 1. The van der Waals surface area contributed by atoms with Crippen LogP contribution in [0.5, 0.6) is 11.5 Å². The number of carboxylic acids is 1. The van der Waals surface area contributed by atoms with Gasteiger partial charge in [-0.15, -0.1) is 0 Å². The first-order chi connectivity index (χ1) is 18.1. The fourth-order valence-corrected chi connectivity index (χ4v) is 5.77. The van der Waals surface area contributed by atoms with Gasteiger partial charge in [0.2, 0.25) is 0 Å². The molecule has 0 saturated heterocycles. The van der Waals surface area contributed by atoms with Crippen molar-refractivity contribution in [2.45, 2.75) is 97.1 Å². The quantitative estimate of drug-likeness (QED) is 0.138. The van der Waals surface area contributed by atoms with Crippen molar-refractivity contribution in [2.75, 3.05) is 0 Å². The molecule has 2 saturated carbocycles. The summed E-state index contributed by atoms with van der Waals surface area (Å²) in [6, 6.07) is 3.91. The number of carbonyl (C=O) groups excluding carboxylic acids is 1. The zero-order valence-corrected chi connectivity index (χ0v) is 23.3. The second-order valence-corrected chi connectivity index (χ2v) is 11.6. The standard InChI is InChI=1S/C32H41BO5/c1-6-8-15-27(34)26(31(35)36)17-25-20(5)24-16-21(7-2)28(18-29(24)37-30(25)19(3)4)38-32(33,22-11-9-12-22)23-13-10-14-23/h7,16-19,22-23,30H,2,6,8-15H2,1,3-5H3,(H,35,36)/b26-17+. The minimum atomic E-state index is -1.21.